The van der Waals surface area contributed by atoms with Gasteiger partial charge in [0.25, 0.3) is 0 Å². The molecule has 0 saturated heterocycles. The molecule has 1 heterocycles. The van der Waals surface area contributed by atoms with Gasteiger partial charge in [0.15, 0.2) is 11.5 Å². The van der Waals surface area contributed by atoms with E-state index in [1.807, 2.05) is 0 Å². The van der Waals surface area contributed by atoms with Gasteiger partial charge in [-0.25, -0.2) is 14.8 Å². The number of carbonyl (C=O) groups excluding carboxylic acids is 1. The number of halogens is 1. The number of aromatic nitrogens is 2. The van der Waals surface area contributed by atoms with E-state index < -0.39 is 5.97 Å². The molecular formula is C6H6BrN3O2. The van der Waals surface area contributed by atoms with Gasteiger partial charge >= 0.3 is 5.97 Å². The first kappa shape index (κ1) is 8.92. The molecule has 1 aromatic heterocycles. The normalized spacial score (nSPS) is 9.50. The molecule has 0 amide bonds. The number of ether oxygens (including phenoxy) is 1. The molecule has 0 spiro atoms. The van der Waals surface area contributed by atoms with Crippen molar-refractivity contribution in [1.29, 1.82) is 0 Å². The van der Waals surface area contributed by atoms with Crippen molar-refractivity contribution in [3.05, 3.63) is 16.5 Å². The van der Waals surface area contributed by atoms with Crippen molar-refractivity contribution >= 4 is 27.7 Å². The van der Waals surface area contributed by atoms with Gasteiger partial charge in [-0.2, -0.15) is 0 Å². The van der Waals surface area contributed by atoms with E-state index in [0.717, 1.165) is 0 Å². The first-order valence-corrected chi connectivity index (χ1v) is 3.80. The molecular weight excluding hydrogens is 226 g/mol. The molecule has 0 radical (unpaired) electrons. The third-order valence-electron chi connectivity index (χ3n) is 1.15. The minimum atomic E-state index is -0.539. The van der Waals surface area contributed by atoms with Gasteiger partial charge in [0, 0.05) is 0 Å². The molecule has 0 fully saturated rings. The highest BCUT2D eigenvalue weighted by atomic mass is 79.9. The van der Waals surface area contributed by atoms with Crippen LogP contribution in [0.15, 0.2) is 10.8 Å². The Kier molecular flexibility index (Phi) is 2.59. The van der Waals surface area contributed by atoms with Gasteiger partial charge in [-0.15, -0.1) is 0 Å². The topological polar surface area (TPSA) is 78.1 Å². The molecule has 5 nitrogen and oxygen atoms in total. The number of nitrogens with two attached hydrogens (primary N) is 1. The molecule has 0 atom stereocenters. The Morgan fingerprint density at radius 2 is 2.42 bits per heavy atom. The minimum absolute atomic E-state index is 0.124. The molecule has 0 saturated carbocycles. The molecule has 12 heavy (non-hydrogen) atoms. The van der Waals surface area contributed by atoms with Gasteiger partial charge in [0.2, 0.25) is 0 Å². The van der Waals surface area contributed by atoms with E-state index in [1.54, 1.807) is 0 Å². The highest BCUT2D eigenvalue weighted by Crippen LogP contribution is 2.13. The standard InChI is InChI=1S/C6H6BrN3O2/c1-12-6(11)3-2-9-5(8)4(7)10-3/h2H,1H3,(H2,8,9). The highest BCUT2D eigenvalue weighted by Gasteiger charge is 2.09. The van der Waals surface area contributed by atoms with E-state index in [1.165, 1.54) is 13.3 Å². The fourth-order valence-corrected chi connectivity index (χ4v) is 0.872. The Hall–Kier alpha value is -1.17. The van der Waals surface area contributed by atoms with Gasteiger partial charge in [-0.05, 0) is 15.9 Å². The summed E-state index contributed by atoms with van der Waals surface area (Å²) < 4.78 is 4.77. The predicted octanol–water partition coefficient (Wildman–Crippen LogP) is 0.608. The molecule has 1 aromatic rings. The van der Waals surface area contributed by atoms with Crippen LogP contribution in [0.3, 0.4) is 0 Å². The van der Waals surface area contributed by atoms with Crippen LogP contribution in [-0.2, 0) is 4.74 Å². The molecule has 1 rings (SSSR count). The van der Waals surface area contributed by atoms with E-state index in [-0.39, 0.29) is 11.5 Å². The number of rotatable bonds is 1. The van der Waals surface area contributed by atoms with Crippen LogP contribution >= 0.6 is 15.9 Å². The van der Waals surface area contributed by atoms with Crippen LogP contribution in [0.4, 0.5) is 5.82 Å². The lowest BCUT2D eigenvalue weighted by molar-refractivity contribution is 0.0593. The van der Waals surface area contributed by atoms with Gasteiger partial charge in [0.1, 0.15) is 4.60 Å². The Morgan fingerprint density at radius 1 is 1.75 bits per heavy atom. The monoisotopic (exact) mass is 231 g/mol. The summed E-state index contributed by atoms with van der Waals surface area (Å²) in [6.45, 7) is 0. The zero-order valence-corrected chi connectivity index (χ0v) is 7.83. The summed E-state index contributed by atoms with van der Waals surface area (Å²) in [5.41, 5.74) is 5.48. The summed E-state index contributed by atoms with van der Waals surface area (Å²) in [7, 11) is 1.27. The zero-order chi connectivity index (χ0) is 9.14. The summed E-state index contributed by atoms with van der Waals surface area (Å²) in [4.78, 5) is 18.4. The Bertz CT molecular complexity index is 316. The van der Waals surface area contributed by atoms with Crippen LogP contribution in [-0.4, -0.2) is 23.0 Å². The van der Waals surface area contributed by atoms with Crippen LogP contribution in [0, 0.1) is 0 Å². The number of anilines is 1. The van der Waals surface area contributed by atoms with Gasteiger partial charge in [0.05, 0.1) is 13.3 Å². The Balaban J connectivity index is 3.05. The lowest BCUT2D eigenvalue weighted by Gasteiger charge is -1.99. The second-order valence-corrected chi connectivity index (χ2v) is 2.67. The van der Waals surface area contributed by atoms with Crippen molar-refractivity contribution in [2.45, 2.75) is 0 Å². The molecule has 0 bridgehead atoms. The molecule has 0 aliphatic carbocycles. The molecule has 0 unspecified atom stereocenters. The number of esters is 1. The number of carbonyl (C=O) groups is 1. The maximum atomic E-state index is 10.9. The van der Waals surface area contributed by atoms with E-state index in [9.17, 15) is 4.79 Å². The van der Waals surface area contributed by atoms with Crippen LogP contribution < -0.4 is 5.73 Å². The summed E-state index contributed by atoms with van der Waals surface area (Å²) >= 11 is 3.04. The second kappa shape index (κ2) is 3.48. The number of hydrogen-bond acceptors (Lipinski definition) is 5. The maximum absolute atomic E-state index is 10.9. The van der Waals surface area contributed by atoms with Crippen molar-refractivity contribution in [2.75, 3.05) is 12.8 Å². The van der Waals surface area contributed by atoms with Gasteiger partial charge < -0.3 is 10.5 Å². The van der Waals surface area contributed by atoms with Crippen LogP contribution in [0.1, 0.15) is 10.5 Å². The van der Waals surface area contributed by atoms with Crippen LogP contribution in [0.25, 0.3) is 0 Å². The Labute approximate surface area is 77.1 Å². The van der Waals surface area contributed by atoms with Crippen LogP contribution in [0.5, 0.6) is 0 Å². The molecule has 2 N–H and O–H groups in total. The SMILES string of the molecule is COC(=O)c1cnc(N)c(Br)n1. The predicted molar refractivity (Wildman–Crippen MR) is 45.5 cm³/mol. The van der Waals surface area contributed by atoms with Crippen molar-refractivity contribution in [3.8, 4) is 0 Å². The quantitative estimate of drug-likeness (QED) is 0.717. The average Bonchev–Trinajstić information content (AvgIpc) is 2.08. The minimum Gasteiger partial charge on any atom is -0.464 e. The molecule has 6 heteroatoms. The summed E-state index contributed by atoms with van der Waals surface area (Å²) in [5, 5.41) is 0. The number of hydrogen-bond donors (Lipinski definition) is 1. The lowest BCUT2D eigenvalue weighted by atomic mass is 10.4. The van der Waals surface area contributed by atoms with Gasteiger partial charge in [-0.3, -0.25) is 0 Å². The van der Waals surface area contributed by atoms with Crippen molar-refractivity contribution in [2.24, 2.45) is 0 Å². The Morgan fingerprint density at radius 3 is 2.92 bits per heavy atom. The van der Waals surface area contributed by atoms with E-state index in [0.29, 0.717) is 4.60 Å². The van der Waals surface area contributed by atoms with E-state index in [2.05, 4.69) is 30.6 Å². The number of methoxy groups -OCH3 is 1. The molecule has 0 aliphatic rings. The third-order valence-corrected chi connectivity index (χ3v) is 1.73. The molecule has 0 aliphatic heterocycles. The lowest BCUT2D eigenvalue weighted by Crippen LogP contribution is -2.06. The maximum Gasteiger partial charge on any atom is 0.358 e. The first-order valence-electron chi connectivity index (χ1n) is 3.01. The fraction of sp³-hybridized carbons (Fsp3) is 0.167. The van der Waals surface area contributed by atoms with Crippen LogP contribution in [0.2, 0.25) is 0 Å². The summed E-state index contributed by atoms with van der Waals surface area (Å²) in [6.07, 6.45) is 1.26. The number of nitrogen functional groups attached to an aromatic ring is 1. The largest absolute Gasteiger partial charge is 0.464 e. The highest BCUT2D eigenvalue weighted by molar-refractivity contribution is 9.10. The summed E-state index contributed by atoms with van der Waals surface area (Å²) in [5.74, 6) is -0.300. The smallest absolute Gasteiger partial charge is 0.358 e. The average molecular weight is 232 g/mol. The van der Waals surface area contributed by atoms with Crippen molar-refractivity contribution in [3.63, 3.8) is 0 Å². The second-order valence-electron chi connectivity index (χ2n) is 1.92. The zero-order valence-electron chi connectivity index (χ0n) is 6.24. The summed E-state index contributed by atoms with van der Waals surface area (Å²) in [6, 6.07) is 0. The van der Waals surface area contributed by atoms with Crippen molar-refractivity contribution in [1.82, 2.24) is 9.97 Å². The first-order chi connectivity index (χ1) is 5.65. The van der Waals surface area contributed by atoms with E-state index in [4.69, 9.17) is 5.73 Å². The van der Waals surface area contributed by atoms with E-state index >= 15 is 0 Å². The fourth-order valence-electron chi connectivity index (χ4n) is 0.579. The molecule has 64 valence electrons. The van der Waals surface area contributed by atoms with Crippen molar-refractivity contribution < 1.29 is 9.53 Å². The van der Waals surface area contributed by atoms with Gasteiger partial charge in [-0.1, -0.05) is 0 Å². The number of nitrogens with zero attached hydrogens (tertiary/aromatic N) is 2. The molecule has 0 aromatic carbocycles. The third kappa shape index (κ3) is 1.70.